The van der Waals surface area contributed by atoms with Crippen LogP contribution in [-0.2, 0) is 14.3 Å². The minimum atomic E-state index is -0.456. The Morgan fingerprint density at radius 2 is 2.09 bits per heavy atom. The van der Waals surface area contributed by atoms with Gasteiger partial charge in [0.15, 0.2) is 0 Å². The van der Waals surface area contributed by atoms with Crippen molar-refractivity contribution in [3.8, 4) is 0 Å². The first-order valence-corrected chi connectivity index (χ1v) is 3.52. The molecule has 1 N–H and O–H groups in total. The fraction of sp³-hybridized carbons (Fsp3) is 0.714. The normalized spacial score (nSPS) is 31.8. The molecular formula is C7H11NO3. The van der Waals surface area contributed by atoms with E-state index in [1.165, 1.54) is 7.11 Å². The summed E-state index contributed by atoms with van der Waals surface area (Å²) in [5.41, 5.74) is 0. The van der Waals surface area contributed by atoms with Crippen molar-refractivity contribution in [3.05, 3.63) is 0 Å². The smallest absolute Gasteiger partial charge is 0.255 e. The van der Waals surface area contributed by atoms with Gasteiger partial charge in [0.2, 0.25) is 5.91 Å². The maximum Gasteiger partial charge on any atom is 0.255 e. The molecule has 0 aromatic carbocycles. The van der Waals surface area contributed by atoms with Gasteiger partial charge in [-0.2, -0.15) is 0 Å². The number of ether oxygens (including phenoxy) is 1. The van der Waals surface area contributed by atoms with Crippen molar-refractivity contribution in [1.82, 2.24) is 5.32 Å². The highest BCUT2D eigenvalue weighted by Gasteiger charge is 2.31. The molecule has 0 aliphatic carbocycles. The number of amides is 2. The van der Waals surface area contributed by atoms with Crippen LogP contribution in [-0.4, -0.2) is 25.0 Å². The summed E-state index contributed by atoms with van der Waals surface area (Å²) < 4.78 is 4.86. The molecule has 1 heterocycles. The molecule has 0 bridgehead atoms. The monoisotopic (exact) mass is 157 g/mol. The first kappa shape index (κ1) is 8.20. The molecule has 1 fully saturated rings. The Morgan fingerprint density at radius 3 is 2.64 bits per heavy atom. The quantitative estimate of drug-likeness (QED) is 0.531. The molecule has 0 spiro atoms. The summed E-state index contributed by atoms with van der Waals surface area (Å²) in [6.45, 7) is 1.77. The fourth-order valence-corrected chi connectivity index (χ4v) is 1.06. The third-order valence-corrected chi connectivity index (χ3v) is 1.84. The van der Waals surface area contributed by atoms with Gasteiger partial charge in [0.05, 0.1) is 0 Å². The van der Waals surface area contributed by atoms with Gasteiger partial charge in [0.25, 0.3) is 5.91 Å². The van der Waals surface area contributed by atoms with E-state index in [-0.39, 0.29) is 17.7 Å². The molecule has 62 valence electrons. The second-order valence-electron chi connectivity index (χ2n) is 2.71. The van der Waals surface area contributed by atoms with Crippen molar-refractivity contribution in [2.75, 3.05) is 7.11 Å². The molecule has 0 radical (unpaired) electrons. The van der Waals surface area contributed by atoms with Crippen LogP contribution in [0.1, 0.15) is 13.3 Å². The number of hydrogen-bond donors (Lipinski definition) is 1. The largest absolute Gasteiger partial charge is 0.372 e. The zero-order chi connectivity index (χ0) is 8.43. The second-order valence-corrected chi connectivity index (χ2v) is 2.71. The molecule has 1 rings (SSSR count). The van der Waals surface area contributed by atoms with Crippen molar-refractivity contribution >= 4 is 11.8 Å². The summed E-state index contributed by atoms with van der Waals surface area (Å²) in [5, 5.41) is 2.23. The molecule has 1 aliphatic heterocycles. The summed E-state index contributed by atoms with van der Waals surface area (Å²) in [7, 11) is 1.47. The van der Waals surface area contributed by atoms with Crippen LogP contribution in [0.15, 0.2) is 0 Å². The Kier molecular flexibility index (Phi) is 2.24. The van der Waals surface area contributed by atoms with E-state index in [1.807, 2.05) is 0 Å². The van der Waals surface area contributed by atoms with E-state index in [9.17, 15) is 9.59 Å². The predicted octanol–water partition coefficient (Wildman–Crippen LogP) is -0.316. The van der Waals surface area contributed by atoms with Crippen molar-refractivity contribution in [1.29, 1.82) is 0 Å². The third-order valence-electron chi connectivity index (χ3n) is 1.84. The molecule has 0 aromatic heterocycles. The molecule has 2 amide bonds. The summed E-state index contributed by atoms with van der Waals surface area (Å²) in [5.74, 6) is -0.656. The highest BCUT2D eigenvalue weighted by Crippen LogP contribution is 2.13. The number of hydrogen-bond acceptors (Lipinski definition) is 3. The van der Waals surface area contributed by atoms with E-state index in [0.29, 0.717) is 6.42 Å². The average Bonchev–Trinajstić information content (AvgIpc) is 1.97. The van der Waals surface area contributed by atoms with E-state index >= 15 is 0 Å². The highest BCUT2D eigenvalue weighted by molar-refractivity contribution is 6.00. The first-order chi connectivity index (χ1) is 5.15. The summed E-state index contributed by atoms with van der Waals surface area (Å²) in [4.78, 5) is 21.8. The van der Waals surface area contributed by atoms with Gasteiger partial charge in [-0.25, -0.2) is 0 Å². The number of carbonyl (C=O) groups is 2. The van der Waals surface area contributed by atoms with Crippen LogP contribution in [0.3, 0.4) is 0 Å². The molecular weight excluding hydrogens is 146 g/mol. The standard InChI is InChI=1S/C7H11NO3/c1-4-3-5(11-2)7(10)8-6(4)9/h4-5H,3H2,1-2H3,(H,8,9,10). The number of rotatable bonds is 1. The van der Waals surface area contributed by atoms with Gasteiger partial charge in [-0.05, 0) is 6.42 Å². The van der Waals surface area contributed by atoms with Gasteiger partial charge in [-0.3, -0.25) is 14.9 Å². The topological polar surface area (TPSA) is 55.4 Å². The third kappa shape index (κ3) is 1.57. The lowest BCUT2D eigenvalue weighted by atomic mass is 9.98. The molecule has 2 unspecified atom stereocenters. The molecule has 4 nitrogen and oxygen atoms in total. The van der Waals surface area contributed by atoms with Crippen LogP contribution in [0.25, 0.3) is 0 Å². The molecule has 1 aliphatic rings. The summed E-state index contributed by atoms with van der Waals surface area (Å²) in [6.07, 6.45) is 0.0314. The number of imide groups is 1. The zero-order valence-corrected chi connectivity index (χ0v) is 6.59. The van der Waals surface area contributed by atoms with E-state index in [1.54, 1.807) is 6.92 Å². The van der Waals surface area contributed by atoms with E-state index < -0.39 is 6.10 Å². The fourth-order valence-electron chi connectivity index (χ4n) is 1.06. The van der Waals surface area contributed by atoms with Gasteiger partial charge in [-0.1, -0.05) is 6.92 Å². The van der Waals surface area contributed by atoms with Crippen LogP contribution in [0, 0.1) is 5.92 Å². The zero-order valence-electron chi connectivity index (χ0n) is 6.59. The molecule has 1 saturated heterocycles. The number of nitrogens with one attached hydrogen (secondary N) is 1. The van der Waals surface area contributed by atoms with Crippen LogP contribution in [0.4, 0.5) is 0 Å². The number of piperidine rings is 1. The first-order valence-electron chi connectivity index (χ1n) is 3.52. The minimum Gasteiger partial charge on any atom is -0.372 e. The van der Waals surface area contributed by atoms with Crippen molar-refractivity contribution < 1.29 is 14.3 Å². The van der Waals surface area contributed by atoms with Gasteiger partial charge >= 0.3 is 0 Å². The lowest BCUT2D eigenvalue weighted by molar-refractivity contribution is -0.144. The SMILES string of the molecule is COC1CC(C)C(=O)NC1=O. The van der Waals surface area contributed by atoms with E-state index in [4.69, 9.17) is 4.74 Å². The van der Waals surface area contributed by atoms with Gasteiger partial charge < -0.3 is 4.74 Å². The summed E-state index contributed by atoms with van der Waals surface area (Å²) in [6, 6.07) is 0. The van der Waals surface area contributed by atoms with Crippen molar-refractivity contribution in [2.24, 2.45) is 5.92 Å². The number of methoxy groups -OCH3 is 1. The lowest BCUT2D eigenvalue weighted by Gasteiger charge is -2.23. The van der Waals surface area contributed by atoms with Crippen molar-refractivity contribution in [2.45, 2.75) is 19.4 Å². The molecule has 2 atom stereocenters. The molecule has 4 heteroatoms. The van der Waals surface area contributed by atoms with E-state index in [2.05, 4.69) is 5.32 Å². The van der Waals surface area contributed by atoms with Crippen LogP contribution in [0.2, 0.25) is 0 Å². The van der Waals surface area contributed by atoms with Gasteiger partial charge in [0, 0.05) is 13.0 Å². The Morgan fingerprint density at radius 1 is 1.45 bits per heavy atom. The van der Waals surface area contributed by atoms with Crippen molar-refractivity contribution in [3.63, 3.8) is 0 Å². The predicted molar refractivity (Wildman–Crippen MR) is 37.7 cm³/mol. The highest BCUT2D eigenvalue weighted by atomic mass is 16.5. The molecule has 0 saturated carbocycles. The maximum absolute atomic E-state index is 10.9. The second kappa shape index (κ2) is 3.00. The van der Waals surface area contributed by atoms with E-state index in [0.717, 1.165) is 0 Å². The lowest BCUT2D eigenvalue weighted by Crippen LogP contribution is -2.48. The average molecular weight is 157 g/mol. The number of carbonyl (C=O) groups excluding carboxylic acids is 2. The minimum absolute atomic E-state index is 0.127. The summed E-state index contributed by atoms with van der Waals surface area (Å²) >= 11 is 0. The Hall–Kier alpha value is -0.900. The Labute approximate surface area is 64.9 Å². The van der Waals surface area contributed by atoms with Gasteiger partial charge in [-0.15, -0.1) is 0 Å². The maximum atomic E-state index is 10.9. The van der Waals surface area contributed by atoms with Crippen LogP contribution < -0.4 is 5.32 Å². The Balaban J connectivity index is 2.62. The molecule has 0 aromatic rings. The van der Waals surface area contributed by atoms with Crippen LogP contribution in [0.5, 0.6) is 0 Å². The Bertz CT molecular complexity index is 190. The van der Waals surface area contributed by atoms with Gasteiger partial charge in [0.1, 0.15) is 6.10 Å². The molecule has 11 heavy (non-hydrogen) atoms. The van der Waals surface area contributed by atoms with Crippen LogP contribution >= 0.6 is 0 Å².